The molecule has 0 saturated carbocycles. The number of rotatable bonds is 0. The molecule has 0 aliphatic carbocycles. The van der Waals surface area contributed by atoms with Crippen LogP contribution in [0, 0.1) is 0 Å². The smallest absolute Gasteiger partial charge is 0.0488 e. The summed E-state index contributed by atoms with van der Waals surface area (Å²) in [4.78, 5) is 0. The van der Waals surface area contributed by atoms with Gasteiger partial charge in [0.25, 0.3) is 0 Å². The number of anilines is 1. The normalized spacial score (nSPS) is 23.2. The maximum Gasteiger partial charge on any atom is 0.0488 e. The van der Waals surface area contributed by atoms with Gasteiger partial charge < -0.3 is 10.1 Å². The fourth-order valence-electron chi connectivity index (χ4n) is 2.72. The average Bonchev–Trinajstić information content (AvgIpc) is 2.30. The monoisotopic (exact) mass is 203 g/mol. The summed E-state index contributed by atoms with van der Waals surface area (Å²) in [6.07, 6.45) is 4.78. The van der Waals surface area contributed by atoms with Crippen LogP contribution in [-0.4, -0.2) is 18.8 Å². The van der Waals surface area contributed by atoms with Crippen molar-refractivity contribution < 1.29 is 4.74 Å². The highest BCUT2D eigenvalue weighted by Crippen LogP contribution is 2.36. The third-order valence-electron chi connectivity index (χ3n) is 3.74. The van der Waals surface area contributed by atoms with E-state index >= 15 is 0 Å². The summed E-state index contributed by atoms with van der Waals surface area (Å²) < 4.78 is 5.44. The Kier molecular flexibility index (Phi) is 2.17. The van der Waals surface area contributed by atoms with E-state index in [1.54, 1.807) is 0 Å². The molecule has 2 aliphatic heterocycles. The zero-order valence-corrected chi connectivity index (χ0v) is 8.96. The van der Waals surface area contributed by atoms with Crippen molar-refractivity contribution in [1.29, 1.82) is 0 Å². The molecule has 2 heteroatoms. The first-order valence-electron chi connectivity index (χ1n) is 5.82. The predicted molar refractivity (Wildman–Crippen MR) is 61.2 cm³/mol. The number of fused-ring (bicyclic) bond motifs is 1. The molecule has 0 radical (unpaired) electrons. The molecule has 1 fully saturated rings. The fourth-order valence-corrected chi connectivity index (χ4v) is 2.72. The molecule has 1 saturated heterocycles. The number of para-hydroxylation sites is 1. The van der Waals surface area contributed by atoms with Crippen molar-refractivity contribution in [2.45, 2.75) is 31.2 Å². The van der Waals surface area contributed by atoms with Gasteiger partial charge >= 0.3 is 0 Å². The van der Waals surface area contributed by atoms with Crippen LogP contribution in [0.2, 0.25) is 0 Å². The van der Waals surface area contributed by atoms with E-state index in [9.17, 15) is 0 Å². The summed E-state index contributed by atoms with van der Waals surface area (Å²) in [6, 6.07) is 8.67. The molecule has 0 amide bonds. The molecule has 2 aliphatic rings. The Bertz CT molecular complexity index is 355. The second kappa shape index (κ2) is 3.53. The highest BCUT2D eigenvalue weighted by Gasteiger charge is 2.35. The molecular weight excluding hydrogens is 186 g/mol. The maximum absolute atomic E-state index is 5.44. The van der Waals surface area contributed by atoms with Crippen molar-refractivity contribution in [2.24, 2.45) is 0 Å². The molecule has 2 heterocycles. The quantitative estimate of drug-likeness (QED) is 0.699. The Morgan fingerprint density at radius 2 is 1.87 bits per heavy atom. The number of benzene rings is 1. The molecule has 15 heavy (non-hydrogen) atoms. The summed E-state index contributed by atoms with van der Waals surface area (Å²) in [6.45, 7) is 1.82. The number of aryl methyl sites for hydroxylation is 1. The van der Waals surface area contributed by atoms with Crippen LogP contribution in [0.3, 0.4) is 0 Å². The van der Waals surface area contributed by atoms with E-state index in [0.717, 1.165) is 26.1 Å². The van der Waals surface area contributed by atoms with Crippen LogP contribution in [0.5, 0.6) is 0 Å². The molecule has 80 valence electrons. The Morgan fingerprint density at radius 1 is 1.07 bits per heavy atom. The largest absolute Gasteiger partial charge is 0.381 e. The fraction of sp³-hybridized carbons (Fsp3) is 0.538. The van der Waals surface area contributed by atoms with Crippen LogP contribution in [0.25, 0.3) is 0 Å². The van der Waals surface area contributed by atoms with Gasteiger partial charge in [0, 0.05) is 24.4 Å². The lowest BCUT2D eigenvalue weighted by atomic mass is 9.80. The lowest BCUT2D eigenvalue weighted by molar-refractivity contribution is 0.0564. The first kappa shape index (κ1) is 9.22. The van der Waals surface area contributed by atoms with Crippen molar-refractivity contribution in [3.63, 3.8) is 0 Å². The number of hydrogen-bond acceptors (Lipinski definition) is 2. The molecule has 3 rings (SSSR count). The minimum atomic E-state index is 0.326. The van der Waals surface area contributed by atoms with Gasteiger partial charge in [-0.15, -0.1) is 0 Å². The molecule has 1 aromatic carbocycles. The van der Waals surface area contributed by atoms with Gasteiger partial charge in [-0.1, -0.05) is 18.2 Å². The summed E-state index contributed by atoms with van der Waals surface area (Å²) >= 11 is 0. The third kappa shape index (κ3) is 1.63. The predicted octanol–water partition coefficient (Wildman–Crippen LogP) is 2.59. The van der Waals surface area contributed by atoms with Crippen LogP contribution < -0.4 is 5.32 Å². The zero-order chi connectivity index (χ0) is 10.1. The molecule has 0 bridgehead atoms. The van der Waals surface area contributed by atoms with Gasteiger partial charge in [0.15, 0.2) is 0 Å². The van der Waals surface area contributed by atoms with E-state index in [4.69, 9.17) is 4.74 Å². The van der Waals surface area contributed by atoms with Crippen molar-refractivity contribution >= 4 is 5.69 Å². The lowest BCUT2D eigenvalue weighted by Crippen LogP contribution is -2.46. The molecule has 1 aromatic rings. The summed E-state index contributed by atoms with van der Waals surface area (Å²) in [7, 11) is 0. The second-order valence-electron chi connectivity index (χ2n) is 4.67. The molecule has 1 spiro atoms. The Labute approximate surface area is 90.6 Å². The third-order valence-corrected chi connectivity index (χ3v) is 3.74. The molecule has 1 N–H and O–H groups in total. The van der Waals surface area contributed by atoms with Gasteiger partial charge in [-0.25, -0.2) is 0 Å². The number of nitrogens with one attached hydrogen (secondary N) is 1. The van der Waals surface area contributed by atoms with E-state index in [-0.39, 0.29) is 0 Å². The van der Waals surface area contributed by atoms with Gasteiger partial charge in [0.2, 0.25) is 0 Å². The Morgan fingerprint density at radius 3 is 2.73 bits per heavy atom. The molecule has 0 atom stereocenters. The van der Waals surface area contributed by atoms with Crippen LogP contribution in [0.4, 0.5) is 5.69 Å². The van der Waals surface area contributed by atoms with Crippen molar-refractivity contribution in [3.8, 4) is 0 Å². The lowest BCUT2D eigenvalue weighted by Gasteiger charge is -2.42. The first-order valence-corrected chi connectivity index (χ1v) is 5.82. The molecule has 0 unspecified atom stereocenters. The average molecular weight is 203 g/mol. The second-order valence-corrected chi connectivity index (χ2v) is 4.67. The highest BCUT2D eigenvalue weighted by molar-refractivity contribution is 5.55. The minimum absolute atomic E-state index is 0.326. The molecule has 2 nitrogen and oxygen atoms in total. The number of ether oxygens (including phenoxy) is 1. The SMILES string of the molecule is c1ccc2c(c1)CCC1(CCOCC1)N2. The van der Waals surface area contributed by atoms with Crippen LogP contribution >= 0.6 is 0 Å². The van der Waals surface area contributed by atoms with Crippen LogP contribution in [0.15, 0.2) is 24.3 Å². The van der Waals surface area contributed by atoms with Gasteiger partial charge in [-0.3, -0.25) is 0 Å². The summed E-state index contributed by atoms with van der Waals surface area (Å²) in [5.41, 5.74) is 3.13. The first-order chi connectivity index (χ1) is 7.38. The molecule has 0 aromatic heterocycles. The standard InChI is InChI=1S/C13H17NO/c1-2-4-12-11(3-1)5-6-13(14-12)7-9-15-10-8-13/h1-4,14H,5-10H2. The van der Waals surface area contributed by atoms with Gasteiger partial charge in [0.1, 0.15) is 0 Å². The zero-order valence-electron chi connectivity index (χ0n) is 8.96. The van der Waals surface area contributed by atoms with E-state index in [2.05, 4.69) is 29.6 Å². The van der Waals surface area contributed by atoms with Crippen molar-refractivity contribution in [2.75, 3.05) is 18.5 Å². The van der Waals surface area contributed by atoms with Crippen LogP contribution in [-0.2, 0) is 11.2 Å². The number of hydrogen-bond donors (Lipinski definition) is 1. The van der Waals surface area contributed by atoms with E-state index in [1.807, 2.05) is 0 Å². The van der Waals surface area contributed by atoms with E-state index < -0.39 is 0 Å². The van der Waals surface area contributed by atoms with Crippen LogP contribution in [0.1, 0.15) is 24.8 Å². The Balaban J connectivity index is 1.87. The van der Waals surface area contributed by atoms with Crippen molar-refractivity contribution in [1.82, 2.24) is 0 Å². The highest BCUT2D eigenvalue weighted by atomic mass is 16.5. The summed E-state index contributed by atoms with van der Waals surface area (Å²) in [5, 5.41) is 3.73. The van der Waals surface area contributed by atoms with Gasteiger partial charge in [-0.2, -0.15) is 0 Å². The Hall–Kier alpha value is -1.02. The minimum Gasteiger partial charge on any atom is -0.381 e. The van der Waals surface area contributed by atoms with Crippen molar-refractivity contribution in [3.05, 3.63) is 29.8 Å². The van der Waals surface area contributed by atoms with E-state index in [1.165, 1.54) is 24.1 Å². The van der Waals surface area contributed by atoms with Gasteiger partial charge in [-0.05, 0) is 37.3 Å². The summed E-state index contributed by atoms with van der Waals surface area (Å²) in [5.74, 6) is 0. The maximum atomic E-state index is 5.44. The molecular formula is C13H17NO. The van der Waals surface area contributed by atoms with E-state index in [0.29, 0.717) is 5.54 Å². The topological polar surface area (TPSA) is 21.3 Å². The van der Waals surface area contributed by atoms with Gasteiger partial charge in [0.05, 0.1) is 0 Å².